The summed E-state index contributed by atoms with van der Waals surface area (Å²) in [6, 6.07) is 12.2. The number of benzene rings is 1. The molecule has 1 aromatic carbocycles. The van der Waals surface area contributed by atoms with Crippen molar-refractivity contribution in [3.63, 3.8) is 0 Å². The molecule has 1 N–H and O–H groups in total. The van der Waals surface area contributed by atoms with Gasteiger partial charge in [-0.15, -0.1) is 0 Å². The fourth-order valence-electron chi connectivity index (χ4n) is 1.76. The van der Waals surface area contributed by atoms with E-state index in [1.54, 1.807) is 29.0 Å². The van der Waals surface area contributed by atoms with Crippen LogP contribution < -0.4 is 14.4 Å². The van der Waals surface area contributed by atoms with Crippen molar-refractivity contribution in [2.75, 3.05) is 6.61 Å². The Labute approximate surface area is 116 Å². The second kappa shape index (κ2) is 6.68. The Bertz CT molecular complexity index is 571. The fourth-order valence-corrected chi connectivity index (χ4v) is 1.76. The number of carbonyl (C=O) groups excluding carboxylic acids is 1. The Morgan fingerprint density at radius 3 is 2.70 bits per heavy atom. The molecule has 5 nitrogen and oxygen atoms in total. The molecule has 2 rings (SSSR count). The Morgan fingerprint density at radius 1 is 1.25 bits per heavy atom. The van der Waals surface area contributed by atoms with Crippen LogP contribution in [0.1, 0.15) is 10.4 Å². The van der Waals surface area contributed by atoms with Crippen LogP contribution in [0.2, 0.25) is 0 Å². The summed E-state index contributed by atoms with van der Waals surface area (Å²) in [4.78, 5) is 10.7. The van der Waals surface area contributed by atoms with Gasteiger partial charge in [0.05, 0.1) is 11.5 Å². The lowest BCUT2D eigenvalue weighted by Gasteiger charge is -2.10. The molecule has 5 heteroatoms. The molecule has 1 aromatic heterocycles. The molecule has 2 aromatic rings. The predicted octanol–water partition coefficient (Wildman–Crippen LogP) is -0.223. The van der Waals surface area contributed by atoms with Crippen molar-refractivity contribution in [2.45, 2.75) is 12.6 Å². The zero-order valence-corrected chi connectivity index (χ0v) is 10.8. The van der Waals surface area contributed by atoms with E-state index in [1.165, 1.54) is 12.3 Å². The average Bonchev–Trinajstić information content (AvgIpc) is 2.46. The number of hydrogen-bond acceptors (Lipinski definition) is 4. The van der Waals surface area contributed by atoms with Gasteiger partial charge in [0.25, 0.3) is 0 Å². The molecular formula is C15H15NO4. The van der Waals surface area contributed by atoms with Gasteiger partial charge in [-0.05, 0) is 18.2 Å². The second-order valence-electron chi connectivity index (χ2n) is 4.35. The third-order valence-corrected chi connectivity index (χ3v) is 2.70. The lowest BCUT2D eigenvalue weighted by atomic mass is 10.3. The smallest absolute Gasteiger partial charge is 0.177 e. The highest BCUT2D eigenvalue weighted by Crippen LogP contribution is 2.08. The van der Waals surface area contributed by atoms with Gasteiger partial charge in [0.2, 0.25) is 0 Å². The maximum Gasteiger partial charge on any atom is 0.177 e. The van der Waals surface area contributed by atoms with Crippen LogP contribution in [-0.2, 0) is 6.54 Å². The lowest BCUT2D eigenvalue weighted by Crippen LogP contribution is -2.42. The summed E-state index contributed by atoms with van der Waals surface area (Å²) in [5.41, 5.74) is 0.0728. The average molecular weight is 273 g/mol. The largest absolute Gasteiger partial charge is 0.545 e. The molecule has 0 aliphatic rings. The first-order chi connectivity index (χ1) is 9.65. The summed E-state index contributed by atoms with van der Waals surface area (Å²) >= 11 is 0. The molecule has 0 bridgehead atoms. The number of aromatic carboxylic acids is 1. The number of hydrogen-bond donors (Lipinski definition) is 1. The van der Waals surface area contributed by atoms with Crippen LogP contribution >= 0.6 is 0 Å². The third-order valence-electron chi connectivity index (χ3n) is 2.70. The second-order valence-corrected chi connectivity index (χ2v) is 4.35. The van der Waals surface area contributed by atoms with Crippen molar-refractivity contribution in [1.29, 1.82) is 0 Å². The highest BCUT2D eigenvalue weighted by atomic mass is 16.5. The first kappa shape index (κ1) is 14.0. The standard InChI is InChI=1S/C15H15NO4/c17-13(11-20-14-6-2-1-3-7-14)10-16-8-4-5-12(9-16)15(18)19/h1-9,13,17H,10-11H2. The fraction of sp³-hybridized carbons (Fsp3) is 0.200. The predicted molar refractivity (Wildman–Crippen MR) is 68.9 cm³/mol. The maximum absolute atomic E-state index is 10.7. The number of carboxylic acids is 1. The van der Waals surface area contributed by atoms with Crippen molar-refractivity contribution in [3.8, 4) is 5.75 Å². The van der Waals surface area contributed by atoms with Gasteiger partial charge in [0.1, 0.15) is 18.5 Å². The van der Waals surface area contributed by atoms with Gasteiger partial charge in [-0.3, -0.25) is 0 Å². The monoisotopic (exact) mass is 273 g/mol. The Hall–Kier alpha value is -2.40. The summed E-state index contributed by atoms with van der Waals surface area (Å²) in [5.74, 6) is -0.561. The van der Waals surface area contributed by atoms with Crippen LogP contribution in [-0.4, -0.2) is 23.8 Å². The van der Waals surface area contributed by atoms with E-state index >= 15 is 0 Å². The van der Waals surface area contributed by atoms with Gasteiger partial charge in [-0.25, -0.2) is 4.57 Å². The first-order valence-corrected chi connectivity index (χ1v) is 6.21. The Kier molecular flexibility index (Phi) is 4.68. The number of para-hydroxylation sites is 1. The van der Waals surface area contributed by atoms with E-state index in [2.05, 4.69) is 0 Å². The van der Waals surface area contributed by atoms with E-state index in [-0.39, 0.29) is 18.7 Å². The van der Waals surface area contributed by atoms with Gasteiger partial charge in [-0.1, -0.05) is 18.2 Å². The number of pyridine rings is 1. The Morgan fingerprint density at radius 2 is 2.00 bits per heavy atom. The molecule has 1 unspecified atom stereocenters. The molecule has 0 fully saturated rings. The molecule has 1 heterocycles. The van der Waals surface area contributed by atoms with Crippen molar-refractivity contribution in [3.05, 3.63) is 60.4 Å². The van der Waals surface area contributed by atoms with Gasteiger partial charge in [-0.2, -0.15) is 0 Å². The van der Waals surface area contributed by atoms with Crippen molar-refractivity contribution in [1.82, 2.24) is 0 Å². The summed E-state index contributed by atoms with van der Waals surface area (Å²) in [5, 5.41) is 20.6. The number of carboxylic acid groups (broad SMARTS) is 1. The molecule has 104 valence electrons. The van der Waals surface area contributed by atoms with E-state index in [1.807, 2.05) is 18.2 Å². The molecule has 0 amide bonds. The van der Waals surface area contributed by atoms with Gasteiger partial charge < -0.3 is 19.7 Å². The zero-order chi connectivity index (χ0) is 14.4. The molecule has 0 saturated carbocycles. The van der Waals surface area contributed by atoms with E-state index in [4.69, 9.17) is 4.74 Å². The van der Waals surface area contributed by atoms with Crippen LogP contribution in [0.15, 0.2) is 54.9 Å². The van der Waals surface area contributed by atoms with Crippen LogP contribution in [0, 0.1) is 0 Å². The van der Waals surface area contributed by atoms with E-state index in [0.29, 0.717) is 5.75 Å². The number of carbonyl (C=O) groups is 1. The molecule has 0 aliphatic carbocycles. The van der Waals surface area contributed by atoms with Gasteiger partial charge in [0, 0.05) is 6.07 Å². The zero-order valence-electron chi connectivity index (χ0n) is 10.8. The normalized spacial score (nSPS) is 11.8. The lowest BCUT2D eigenvalue weighted by molar-refractivity contribution is -0.703. The van der Waals surface area contributed by atoms with Crippen molar-refractivity contribution >= 4 is 5.97 Å². The quantitative estimate of drug-likeness (QED) is 0.738. The molecule has 0 radical (unpaired) electrons. The van der Waals surface area contributed by atoms with Gasteiger partial charge in [0.15, 0.2) is 18.9 Å². The number of ether oxygens (including phenoxy) is 1. The minimum absolute atomic E-state index is 0.0728. The molecule has 20 heavy (non-hydrogen) atoms. The molecule has 1 atom stereocenters. The summed E-state index contributed by atoms with van der Waals surface area (Å²) in [7, 11) is 0. The minimum atomic E-state index is -1.24. The van der Waals surface area contributed by atoms with Crippen LogP contribution in [0.25, 0.3) is 0 Å². The Balaban J connectivity index is 1.89. The molecule has 0 spiro atoms. The van der Waals surface area contributed by atoms with Crippen molar-refractivity contribution in [2.24, 2.45) is 0 Å². The van der Waals surface area contributed by atoms with E-state index < -0.39 is 12.1 Å². The van der Waals surface area contributed by atoms with E-state index in [0.717, 1.165) is 0 Å². The maximum atomic E-state index is 10.7. The number of aromatic nitrogens is 1. The SMILES string of the molecule is O=C([O-])c1ccc[n+](CC(O)COc2ccccc2)c1. The summed E-state index contributed by atoms with van der Waals surface area (Å²) < 4.78 is 7.01. The minimum Gasteiger partial charge on any atom is -0.545 e. The number of aliphatic hydroxyl groups is 1. The summed E-state index contributed by atoms with van der Waals surface area (Å²) in [6.07, 6.45) is 2.36. The molecule has 0 saturated heterocycles. The van der Waals surface area contributed by atoms with Crippen LogP contribution in [0.3, 0.4) is 0 Å². The van der Waals surface area contributed by atoms with E-state index in [9.17, 15) is 15.0 Å². The summed E-state index contributed by atoms with van der Waals surface area (Å²) in [6.45, 7) is 0.376. The topological polar surface area (TPSA) is 73.5 Å². The van der Waals surface area contributed by atoms with Crippen LogP contribution in [0.4, 0.5) is 0 Å². The first-order valence-electron chi connectivity index (χ1n) is 6.21. The highest BCUT2D eigenvalue weighted by molar-refractivity contribution is 5.84. The van der Waals surface area contributed by atoms with Crippen molar-refractivity contribution < 1.29 is 24.3 Å². The molecular weight excluding hydrogens is 258 g/mol. The number of aliphatic hydroxyl groups excluding tert-OH is 1. The third kappa shape index (κ3) is 4.07. The number of rotatable bonds is 6. The highest BCUT2D eigenvalue weighted by Gasteiger charge is 2.12. The molecule has 0 aliphatic heterocycles. The number of nitrogens with zero attached hydrogens (tertiary/aromatic N) is 1. The van der Waals surface area contributed by atoms with Crippen LogP contribution in [0.5, 0.6) is 5.75 Å². The van der Waals surface area contributed by atoms with Gasteiger partial charge >= 0.3 is 0 Å².